The van der Waals surface area contributed by atoms with E-state index in [4.69, 9.17) is 27.9 Å². The van der Waals surface area contributed by atoms with Crippen molar-refractivity contribution in [3.05, 3.63) is 80.9 Å². The standard InChI is InChI=1S/C25H23Cl2N5O2/c1-31(2)24-23-18(15(10-12-28-23)16-7-5-8-19(26)22(16)27)14-29-32(24)25(33)30-20-11-13-34-21-9-4-3-6-17(20)21/h3-10,12,14,20,29H,11,13H2,1-2H3,(H,30,33)/t20-/m0/s1. The van der Waals surface area contributed by atoms with Crippen LogP contribution in [0, 0.1) is 0 Å². The van der Waals surface area contributed by atoms with Crippen LogP contribution < -0.4 is 26.0 Å². The fourth-order valence-corrected chi connectivity index (χ4v) is 4.71. The molecule has 0 radical (unpaired) electrons. The number of para-hydroxylation sites is 1. The van der Waals surface area contributed by atoms with Gasteiger partial charge in [-0.2, -0.15) is 5.01 Å². The highest BCUT2D eigenvalue weighted by atomic mass is 35.5. The van der Waals surface area contributed by atoms with Crippen LogP contribution in [-0.4, -0.2) is 41.6 Å². The van der Waals surface area contributed by atoms with Crippen LogP contribution in [-0.2, 0) is 0 Å². The summed E-state index contributed by atoms with van der Waals surface area (Å²) in [6, 6.07) is 14.7. The molecule has 0 bridgehead atoms. The minimum absolute atomic E-state index is 0.159. The summed E-state index contributed by atoms with van der Waals surface area (Å²) in [5.41, 5.74) is 5.75. The summed E-state index contributed by atoms with van der Waals surface area (Å²) in [6.45, 7) is 0.542. The number of benzene rings is 2. The maximum absolute atomic E-state index is 13.4. The van der Waals surface area contributed by atoms with Gasteiger partial charge in [0.05, 0.1) is 22.7 Å². The van der Waals surface area contributed by atoms with E-state index < -0.39 is 0 Å². The molecular weight excluding hydrogens is 473 g/mol. The minimum atomic E-state index is -0.291. The number of halogens is 2. The average molecular weight is 496 g/mol. The zero-order valence-corrected chi connectivity index (χ0v) is 20.2. The molecule has 2 N–H and O–H groups in total. The number of aromatic nitrogens is 1. The fourth-order valence-electron chi connectivity index (χ4n) is 4.31. The first-order valence-corrected chi connectivity index (χ1v) is 11.6. The molecule has 9 heteroatoms. The van der Waals surface area contributed by atoms with E-state index in [2.05, 4.69) is 15.7 Å². The van der Waals surface area contributed by atoms with Gasteiger partial charge in [0, 0.05) is 49.3 Å². The van der Waals surface area contributed by atoms with Gasteiger partial charge >= 0.3 is 6.03 Å². The molecule has 2 aliphatic heterocycles. The van der Waals surface area contributed by atoms with Gasteiger partial charge in [-0.3, -0.25) is 10.4 Å². The van der Waals surface area contributed by atoms with Crippen molar-refractivity contribution in [3.8, 4) is 16.9 Å². The summed E-state index contributed by atoms with van der Waals surface area (Å²) in [4.78, 5) is 19.9. The van der Waals surface area contributed by atoms with E-state index in [1.807, 2.05) is 61.5 Å². The second kappa shape index (κ2) is 9.08. The smallest absolute Gasteiger partial charge is 0.342 e. The number of urea groups is 1. The number of nitrogens with one attached hydrogen (secondary N) is 2. The van der Waals surface area contributed by atoms with Crippen LogP contribution >= 0.6 is 23.2 Å². The number of fused-ring (bicyclic) bond motifs is 2. The van der Waals surface area contributed by atoms with E-state index in [0.717, 1.165) is 27.7 Å². The van der Waals surface area contributed by atoms with E-state index >= 15 is 0 Å². The summed E-state index contributed by atoms with van der Waals surface area (Å²) in [5, 5.41) is 7.01. The highest BCUT2D eigenvalue weighted by molar-refractivity contribution is 6.43. The molecule has 0 aliphatic carbocycles. The normalized spacial score (nSPS) is 16.4. The molecule has 1 atom stereocenters. The molecule has 3 aromatic rings. The number of rotatable bonds is 3. The quantitative estimate of drug-likeness (QED) is 0.582. The number of ether oxygens (including phenoxy) is 1. The summed E-state index contributed by atoms with van der Waals surface area (Å²) in [6.07, 6.45) is 4.15. The zero-order chi connectivity index (χ0) is 23.8. The molecule has 0 saturated carbocycles. The number of amides is 2. The molecule has 7 nitrogen and oxygen atoms in total. The maximum atomic E-state index is 13.4. The van der Waals surface area contributed by atoms with Crippen molar-refractivity contribution in [1.82, 2.24) is 25.6 Å². The molecule has 2 aliphatic rings. The molecule has 1 aromatic heterocycles. The van der Waals surface area contributed by atoms with Crippen LogP contribution in [0.15, 0.2) is 54.7 Å². The topological polar surface area (TPSA) is 69.7 Å². The average Bonchev–Trinajstić information content (AvgIpc) is 2.84. The first-order chi connectivity index (χ1) is 16.5. The SMILES string of the molecule is CN(C)C1=c2nccc(-c3cccc(Cl)c3Cl)c2=CNN1C(=O)N[C@H]1CCOc2ccccc21. The Hall–Kier alpha value is -3.42. The summed E-state index contributed by atoms with van der Waals surface area (Å²) in [5.74, 6) is 1.40. The molecule has 34 heavy (non-hydrogen) atoms. The van der Waals surface area contributed by atoms with Crippen LogP contribution in [0.25, 0.3) is 23.1 Å². The van der Waals surface area contributed by atoms with E-state index in [1.54, 1.807) is 18.5 Å². The third-order valence-corrected chi connectivity index (χ3v) is 6.70. The van der Waals surface area contributed by atoms with Crippen LogP contribution in [0.3, 0.4) is 0 Å². The lowest BCUT2D eigenvalue weighted by molar-refractivity contribution is 0.190. The number of carbonyl (C=O) groups is 1. The van der Waals surface area contributed by atoms with Gasteiger partial charge in [-0.15, -0.1) is 0 Å². The van der Waals surface area contributed by atoms with Gasteiger partial charge < -0.3 is 15.0 Å². The van der Waals surface area contributed by atoms with Crippen molar-refractivity contribution in [2.24, 2.45) is 0 Å². The highest BCUT2D eigenvalue weighted by Crippen LogP contribution is 2.33. The van der Waals surface area contributed by atoms with Crippen LogP contribution in [0.5, 0.6) is 5.75 Å². The predicted octanol–water partition coefficient (Wildman–Crippen LogP) is 3.47. The number of hydrogen-bond donors (Lipinski definition) is 2. The lowest BCUT2D eigenvalue weighted by atomic mass is 10.0. The lowest BCUT2D eigenvalue weighted by Crippen LogP contribution is -2.56. The van der Waals surface area contributed by atoms with Crippen molar-refractivity contribution in [3.63, 3.8) is 0 Å². The van der Waals surface area contributed by atoms with Gasteiger partial charge in [-0.05, 0) is 23.8 Å². The molecule has 0 saturated heterocycles. The van der Waals surface area contributed by atoms with Gasteiger partial charge in [0.2, 0.25) is 0 Å². The molecule has 5 rings (SSSR count). The fraction of sp³-hybridized carbons (Fsp3) is 0.200. The Labute approximate surface area is 207 Å². The largest absolute Gasteiger partial charge is 0.493 e. The van der Waals surface area contributed by atoms with Gasteiger partial charge in [0.25, 0.3) is 0 Å². The Bertz CT molecular complexity index is 1390. The molecular formula is C25H23Cl2N5O2. The molecule has 2 aromatic carbocycles. The molecule has 3 heterocycles. The van der Waals surface area contributed by atoms with Gasteiger partial charge in [-0.1, -0.05) is 53.5 Å². The predicted molar refractivity (Wildman–Crippen MR) is 133 cm³/mol. The Morgan fingerprint density at radius 3 is 2.79 bits per heavy atom. The number of hydrogen-bond acceptors (Lipinski definition) is 5. The van der Waals surface area contributed by atoms with Gasteiger partial charge in [0.15, 0.2) is 5.82 Å². The van der Waals surface area contributed by atoms with Crippen molar-refractivity contribution in [2.45, 2.75) is 12.5 Å². The maximum Gasteiger partial charge on any atom is 0.342 e. The number of pyridine rings is 1. The Kier molecular flexibility index (Phi) is 5.98. The van der Waals surface area contributed by atoms with Crippen molar-refractivity contribution in [2.75, 3.05) is 20.7 Å². The van der Waals surface area contributed by atoms with E-state index in [0.29, 0.717) is 34.2 Å². The zero-order valence-electron chi connectivity index (χ0n) is 18.7. The molecule has 0 unspecified atom stereocenters. The number of nitrogens with zero attached hydrogens (tertiary/aromatic N) is 3. The third kappa shape index (κ3) is 3.91. The monoisotopic (exact) mass is 495 g/mol. The first kappa shape index (κ1) is 22.4. The van der Waals surface area contributed by atoms with Gasteiger partial charge in [0.1, 0.15) is 11.1 Å². The van der Waals surface area contributed by atoms with Crippen LogP contribution in [0.2, 0.25) is 10.0 Å². The van der Waals surface area contributed by atoms with Crippen molar-refractivity contribution >= 4 is 41.3 Å². The van der Waals surface area contributed by atoms with E-state index in [1.165, 1.54) is 5.01 Å². The number of carbonyl (C=O) groups excluding carboxylic acids is 1. The van der Waals surface area contributed by atoms with Gasteiger partial charge in [-0.25, -0.2) is 4.79 Å². The molecule has 2 amide bonds. The molecule has 0 spiro atoms. The van der Waals surface area contributed by atoms with E-state index in [9.17, 15) is 4.79 Å². The summed E-state index contributed by atoms with van der Waals surface area (Å²) >= 11 is 12.8. The van der Waals surface area contributed by atoms with E-state index in [-0.39, 0.29) is 12.1 Å². The second-order valence-corrected chi connectivity index (χ2v) is 9.01. The Balaban J connectivity index is 1.55. The minimum Gasteiger partial charge on any atom is -0.493 e. The van der Waals surface area contributed by atoms with Crippen LogP contribution in [0.4, 0.5) is 4.79 Å². The first-order valence-electron chi connectivity index (χ1n) is 10.9. The summed E-state index contributed by atoms with van der Waals surface area (Å²) < 4.78 is 5.73. The highest BCUT2D eigenvalue weighted by Gasteiger charge is 2.29. The molecule has 0 fully saturated rings. The lowest BCUT2D eigenvalue weighted by Gasteiger charge is -2.34. The van der Waals surface area contributed by atoms with Crippen molar-refractivity contribution in [1.29, 1.82) is 0 Å². The Morgan fingerprint density at radius 1 is 1.15 bits per heavy atom. The third-order valence-electron chi connectivity index (χ3n) is 5.88. The summed E-state index contributed by atoms with van der Waals surface area (Å²) in [7, 11) is 3.74. The molecule has 174 valence electrons. The van der Waals surface area contributed by atoms with Crippen molar-refractivity contribution < 1.29 is 9.53 Å². The second-order valence-electron chi connectivity index (χ2n) is 8.23. The Morgan fingerprint density at radius 2 is 1.97 bits per heavy atom. The van der Waals surface area contributed by atoms with Crippen LogP contribution in [0.1, 0.15) is 18.0 Å². The number of hydrazine groups is 1.